The highest BCUT2D eigenvalue weighted by atomic mass is 16.1. The molecule has 64 valence electrons. The molecule has 0 saturated carbocycles. The molecule has 2 rings (SSSR count). The van der Waals surface area contributed by atoms with Gasteiger partial charge >= 0.3 is 0 Å². The predicted octanol–water partition coefficient (Wildman–Crippen LogP) is 1.63. The summed E-state index contributed by atoms with van der Waals surface area (Å²) >= 11 is 0. The number of hydrogen-bond acceptors (Lipinski definition) is 3. The molecule has 1 heterocycles. The number of nitrogens with two attached hydrogens (primary N) is 1. The number of carbonyl (C=O) groups excluding carboxylic acids is 1. The Labute approximate surface area is 75.2 Å². The minimum Gasteiger partial charge on any atom is -0.398 e. The molecule has 1 aromatic carbocycles. The third-order valence-corrected chi connectivity index (χ3v) is 2.01. The van der Waals surface area contributed by atoms with Gasteiger partial charge in [0.25, 0.3) is 0 Å². The van der Waals surface area contributed by atoms with Gasteiger partial charge in [-0.25, -0.2) is 0 Å². The molecule has 0 aliphatic carbocycles. The summed E-state index contributed by atoms with van der Waals surface area (Å²) in [5.41, 5.74) is 6.70. The van der Waals surface area contributed by atoms with E-state index in [4.69, 9.17) is 5.73 Å². The molecule has 2 aromatic rings. The van der Waals surface area contributed by atoms with E-state index >= 15 is 0 Å². The van der Waals surface area contributed by atoms with Gasteiger partial charge < -0.3 is 5.73 Å². The Morgan fingerprint density at radius 3 is 2.92 bits per heavy atom. The monoisotopic (exact) mass is 172 g/mol. The van der Waals surface area contributed by atoms with Crippen LogP contribution in [-0.4, -0.2) is 11.3 Å². The maximum Gasteiger partial charge on any atom is 0.152 e. The van der Waals surface area contributed by atoms with Gasteiger partial charge in [-0.05, 0) is 17.5 Å². The van der Waals surface area contributed by atoms with Crippen molar-refractivity contribution >= 4 is 22.7 Å². The second-order valence-electron chi connectivity index (χ2n) is 2.78. The normalized spacial score (nSPS) is 10.2. The summed E-state index contributed by atoms with van der Waals surface area (Å²) in [6, 6.07) is 5.36. The molecule has 0 spiro atoms. The number of fused-ring (bicyclic) bond motifs is 1. The highest BCUT2D eigenvalue weighted by Gasteiger charge is 2.02. The van der Waals surface area contributed by atoms with Crippen LogP contribution in [0.1, 0.15) is 10.4 Å². The average molecular weight is 172 g/mol. The van der Waals surface area contributed by atoms with Crippen LogP contribution in [0, 0.1) is 0 Å². The van der Waals surface area contributed by atoms with Crippen LogP contribution >= 0.6 is 0 Å². The van der Waals surface area contributed by atoms with Crippen molar-refractivity contribution in [1.82, 2.24) is 4.98 Å². The lowest BCUT2D eigenvalue weighted by Crippen LogP contribution is -1.93. The van der Waals surface area contributed by atoms with E-state index in [1.54, 1.807) is 24.5 Å². The zero-order valence-electron chi connectivity index (χ0n) is 6.90. The number of aldehydes is 1. The Morgan fingerprint density at radius 1 is 1.31 bits per heavy atom. The summed E-state index contributed by atoms with van der Waals surface area (Å²) < 4.78 is 0. The van der Waals surface area contributed by atoms with Crippen LogP contribution in [-0.2, 0) is 0 Å². The third kappa shape index (κ3) is 1.14. The summed E-state index contributed by atoms with van der Waals surface area (Å²) in [5.74, 6) is 0. The fraction of sp³-hybridized carbons (Fsp3) is 0. The van der Waals surface area contributed by atoms with E-state index in [-0.39, 0.29) is 0 Å². The minimum atomic E-state index is 0.508. The maximum absolute atomic E-state index is 10.7. The van der Waals surface area contributed by atoms with Crippen molar-refractivity contribution in [2.75, 3.05) is 5.73 Å². The summed E-state index contributed by atoms with van der Waals surface area (Å²) in [4.78, 5) is 14.7. The van der Waals surface area contributed by atoms with E-state index < -0.39 is 0 Å². The van der Waals surface area contributed by atoms with Crippen molar-refractivity contribution in [3.05, 3.63) is 36.2 Å². The summed E-state index contributed by atoms with van der Waals surface area (Å²) in [5, 5.41) is 1.78. The SMILES string of the molecule is Nc1ccc2cnccc2c1C=O. The second-order valence-corrected chi connectivity index (χ2v) is 2.78. The van der Waals surface area contributed by atoms with E-state index in [9.17, 15) is 4.79 Å². The van der Waals surface area contributed by atoms with Crippen LogP contribution in [0.25, 0.3) is 10.8 Å². The number of carbonyl (C=O) groups is 1. The number of nitrogen functional groups attached to an aromatic ring is 1. The standard InChI is InChI=1S/C10H8N2O/c11-10-2-1-7-5-12-4-3-8(7)9(10)6-13/h1-6H,11H2. The van der Waals surface area contributed by atoms with Gasteiger partial charge in [-0.3, -0.25) is 9.78 Å². The minimum absolute atomic E-state index is 0.508. The molecule has 0 amide bonds. The zero-order valence-corrected chi connectivity index (χ0v) is 6.90. The van der Waals surface area contributed by atoms with Crippen LogP contribution < -0.4 is 5.73 Å². The molecule has 13 heavy (non-hydrogen) atoms. The van der Waals surface area contributed by atoms with E-state index in [0.29, 0.717) is 11.3 Å². The second kappa shape index (κ2) is 2.86. The molecule has 3 heteroatoms. The first kappa shape index (κ1) is 7.73. The number of rotatable bonds is 1. The fourth-order valence-electron chi connectivity index (χ4n) is 1.34. The number of pyridine rings is 1. The lowest BCUT2D eigenvalue weighted by molar-refractivity contribution is 0.112. The Balaban J connectivity index is 2.91. The van der Waals surface area contributed by atoms with Crippen molar-refractivity contribution < 1.29 is 4.79 Å². The van der Waals surface area contributed by atoms with Crippen LogP contribution in [0.4, 0.5) is 5.69 Å². The van der Waals surface area contributed by atoms with Crippen molar-refractivity contribution in [2.24, 2.45) is 0 Å². The molecule has 0 aliphatic rings. The summed E-state index contributed by atoms with van der Waals surface area (Å²) in [6.45, 7) is 0. The first-order chi connectivity index (χ1) is 6.33. The summed E-state index contributed by atoms with van der Waals surface area (Å²) in [6.07, 6.45) is 4.13. The number of anilines is 1. The van der Waals surface area contributed by atoms with E-state index in [1.807, 2.05) is 6.07 Å². The van der Waals surface area contributed by atoms with Gasteiger partial charge in [-0.2, -0.15) is 0 Å². The van der Waals surface area contributed by atoms with Gasteiger partial charge in [0, 0.05) is 29.0 Å². The maximum atomic E-state index is 10.7. The number of benzene rings is 1. The first-order valence-corrected chi connectivity index (χ1v) is 3.90. The number of aromatic nitrogens is 1. The lowest BCUT2D eigenvalue weighted by atomic mass is 10.1. The number of nitrogens with zero attached hydrogens (tertiary/aromatic N) is 1. The highest BCUT2D eigenvalue weighted by molar-refractivity contribution is 6.02. The topological polar surface area (TPSA) is 56.0 Å². The van der Waals surface area contributed by atoms with Crippen molar-refractivity contribution in [3.8, 4) is 0 Å². The smallest absolute Gasteiger partial charge is 0.152 e. The molecule has 0 bridgehead atoms. The Kier molecular flexibility index (Phi) is 1.70. The van der Waals surface area contributed by atoms with E-state index in [2.05, 4.69) is 4.98 Å². The van der Waals surface area contributed by atoms with Gasteiger partial charge in [0.15, 0.2) is 6.29 Å². The van der Waals surface area contributed by atoms with Crippen molar-refractivity contribution in [3.63, 3.8) is 0 Å². The molecule has 3 nitrogen and oxygen atoms in total. The van der Waals surface area contributed by atoms with Crippen LogP contribution in [0.3, 0.4) is 0 Å². The van der Waals surface area contributed by atoms with Crippen LogP contribution in [0.2, 0.25) is 0 Å². The third-order valence-electron chi connectivity index (χ3n) is 2.01. The highest BCUT2D eigenvalue weighted by Crippen LogP contribution is 2.21. The van der Waals surface area contributed by atoms with Crippen molar-refractivity contribution in [1.29, 1.82) is 0 Å². The Bertz CT molecular complexity index is 465. The molecule has 0 radical (unpaired) electrons. The Hall–Kier alpha value is -1.90. The van der Waals surface area contributed by atoms with Gasteiger partial charge in [0.2, 0.25) is 0 Å². The molecule has 0 unspecified atom stereocenters. The zero-order chi connectivity index (χ0) is 9.26. The molecular formula is C10H8N2O. The fourth-order valence-corrected chi connectivity index (χ4v) is 1.34. The van der Waals surface area contributed by atoms with Gasteiger partial charge in [-0.1, -0.05) is 6.07 Å². The molecule has 2 N–H and O–H groups in total. The van der Waals surface area contributed by atoms with E-state index in [0.717, 1.165) is 17.1 Å². The molecule has 0 fully saturated rings. The van der Waals surface area contributed by atoms with Gasteiger partial charge in [0.1, 0.15) is 0 Å². The number of hydrogen-bond donors (Lipinski definition) is 1. The predicted molar refractivity (Wildman–Crippen MR) is 51.5 cm³/mol. The van der Waals surface area contributed by atoms with Crippen molar-refractivity contribution in [2.45, 2.75) is 0 Å². The quantitative estimate of drug-likeness (QED) is 0.525. The lowest BCUT2D eigenvalue weighted by Gasteiger charge is -2.02. The largest absolute Gasteiger partial charge is 0.398 e. The van der Waals surface area contributed by atoms with Gasteiger partial charge in [-0.15, -0.1) is 0 Å². The first-order valence-electron chi connectivity index (χ1n) is 3.90. The molecule has 0 saturated heterocycles. The molecule has 0 atom stereocenters. The molecule has 0 aliphatic heterocycles. The average Bonchev–Trinajstić information content (AvgIpc) is 2.18. The molecule has 1 aromatic heterocycles. The van der Waals surface area contributed by atoms with E-state index in [1.165, 1.54) is 0 Å². The Morgan fingerprint density at radius 2 is 2.15 bits per heavy atom. The van der Waals surface area contributed by atoms with Crippen LogP contribution in [0.15, 0.2) is 30.6 Å². The summed E-state index contributed by atoms with van der Waals surface area (Å²) in [7, 11) is 0. The van der Waals surface area contributed by atoms with Crippen LogP contribution in [0.5, 0.6) is 0 Å². The van der Waals surface area contributed by atoms with Gasteiger partial charge in [0.05, 0.1) is 0 Å². The molecular weight excluding hydrogens is 164 g/mol.